The lowest BCUT2D eigenvalue weighted by Gasteiger charge is -2.36. The molecule has 0 aliphatic heterocycles. The average Bonchev–Trinajstić information content (AvgIpc) is 2.63. The number of halogens is 2. The van der Waals surface area contributed by atoms with E-state index in [0.717, 1.165) is 18.3 Å². The van der Waals surface area contributed by atoms with Gasteiger partial charge in [-0.1, -0.05) is 45.8 Å². The second-order valence-corrected chi connectivity index (χ2v) is 9.87. The minimum Gasteiger partial charge on any atom is -0.382 e. The van der Waals surface area contributed by atoms with E-state index < -0.39 is 11.6 Å². The standard InChI is InChI=1S/C25H35F2N3/c1-16-11-12-19(13-20(16)29-18-9-7-6-8-10-18)30-21-15-24(3,4)14-17(2)22(21)23(28)25(5,26)27/h11-13,18,28-30H,2,6-10,14-15H2,1,3-5H3. The van der Waals surface area contributed by atoms with Crippen LogP contribution in [0.25, 0.3) is 0 Å². The quantitative estimate of drug-likeness (QED) is 0.422. The molecule has 0 bridgehead atoms. The number of rotatable bonds is 6. The van der Waals surface area contributed by atoms with Crippen molar-refractivity contribution in [3.63, 3.8) is 0 Å². The van der Waals surface area contributed by atoms with Gasteiger partial charge in [0.05, 0.1) is 0 Å². The van der Waals surface area contributed by atoms with E-state index in [4.69, 9.17) is 5.41 Å². The molecule has 2 aliphatic carbocycles. The Morgan fingerprint density at radius 3 is 2.47 bits per heavy atom. The van der Waals surface area contributed by atoms with Crippen molar-refractivity contribution in [1.82, 2.24) is 0 Å². The summed E-state index contributed by atoms with van der Waals surface area (Å²) < 4.78 is 28.0. The summed E-state index contributed by atoms with van der Waals surface area (Å²) in [6.45, 7) is 11.1. The number of hydrogen-bond donors (Lipinski definition) is 3. The first kappa shape index (κ1) is 22.5. The van der Waals surface area contributed by atoms with Crippen LogP contribution in [0.3, 0.4) is 0 Å². The largest absolute Gasteiger partial charge is 0.382 e. The van der Waals surface area contributed by atoms with Crippen LogP contribution in [0.4, 0.5) is 20.2 Å². The van der Waals surface area contributed by atoms with Crippen molar-refractivity contribution in [2.75, 3.05) is 10.6 Å². The predicted molar refractivity (Wildman–Crippen MR) is 123 cm³/mol. The number of nitrogens with one attached hydrogen (secondary N) is 3. The number of aryl methyl sites for hydroxylation is 1. The maximum atomic E-state index is 14.0. The lowest BCUT2D eigenvalue weighted by molar-refractivity contribution is 0.0997. The summed E-state index contributed by atoms with van der Waals surface area (Å²) in [6.07, 6.45) is 7.40. The third-order valence-corrected chi connectivity index (χ3v) is 6.19. The van der Waals surface area contributed by atoms with E-state index in [1.54, 1.807) is 0 Å². The topological polar surface area (TPSA) is 47.9 Å². The molecule has 3 nitrogen and oxygen atoms in total. The van der Waals surface area contributed by atoms with Crippen LogP contribution < -0.4 is 10.6 Å². The van der Waals surface area contributed by atoms with Gasteiger partial charge in [0.25, 0.3) is 5.92 Å². The molecule has 0 spiro atoms. The molecule has 5 heteroatoms. The highest BCUT2D eigenvalue weighted by molar-refractivity contribution is 6.07. The average molecular weight is 416 g/mol. The van der Waals surface area contributed by atoms with Gasteiger partial charge < -0.3 is 10.6 Å². The number of alkyl halides is 2. The van der Waals surface area contributed by atoms with Crippen molar-refractivity contribution in [3.8, 4) is 0 Å². The third-order valence-electron chi connectivity index (χ3n) is 6.19. The van der Waals surface area contributed by atoms with Crippen molar-refractivity contribution in [3.05, 3.63) is 47.2 Å². The highest BCUT2D eigenvalue weighted by Crippen LogP contribution is 2.43. The van der Waals surface area contributed by atoms with E-state index in [-0.39, 0.29) is 11.0 Å². The maximum absolute atomic E-state index is 14.0. The normalized spacial score (nSPS) is 20.3. The molecule has 0 atom stereocenters. The van der Waals surface area contributed by atoms with Gasteiger partial charge in [-0.15, -0.1) is 0 Å². The molecular formula is C25H35F2N3. The molecule has 0 heterocycles. The van der Waals surface area contributed by atoms with E-state index >= 15 is 0 Å². The van der Waals surface area contributed by atoms with E-state index in [1.807, 2.05) is 6.07 Å². The monoisotopic (exact) mass is 415 g/mol. The lowest BCUT2D eigenvalue weighted by atomic mass is 9.72. The van der Waals surface area contributed by atoms with Crippen molar-refractivity contribution in [2.24, 2.45) is 5.41 Å². The molecule has 3 rings (SSSR count). The SMILES string of the molecule is C=C1CC(C)(C)CC(Nc2ccc(C)c(NC3CCCCC3)c2)=C1C(=N)C(C)(F)F. The van der Waals surface area contributed by atoms with Crippen LogP contribution in [0.5, 0.6) is 0 Å². The molecule has 1 saturated carbocycles. The summed E-state index contributed by atoms with van der Waals surface area (Å²) in [4.78, 5) is 0. The predicted octanol–water partition coefficient (Wildman–Crippen LogP) is 7.46. The highest BCUT2D eigenvalue weighted by Gasteiger charge is 2.38. The van der Waals surface area contributed by atoms with E-state index in [1.165, 1.54) is 37.7 Å². The molecule has 1 aromatic carbocycles. The van der Waals surface area contributed by atoms with Crippen LogP contribution in [-0.4, -0.2) is 17.7 Å². The fourth-order valence-corrected chi connectivity index (χ4v) is 4.66. The van der Waals surface area contributed by atoms with Gasteiger partial charge in [-0.2, -0.15) is 8.78 Å². The minimum atomic E-state index is -3.20. The zero-order valence-electron chi connectivity index (χ0n) is 18.7. The van der Waals surface area contributed by atoms with E-state index in [2.05, 4.69) is 50.1 Å². The molecule has 1 aromatic rings. The van der Waals surface area contributed by atoms with Crippen LogP contribution in [0.2, 0.25) is 0 Å². The first-order chi connectivity index (χ1) is 14.0. The zero-order valence-corrected chi connectivity index (χ0v) is 18.7. The second-order valence-electron chi connectivity index (χ2n) is 9.87. The number of allylic oxidation sites excluding steroid dienone is 3. The zero-order chi connectivity index (χ0) is 22.1. The molecule has 0 saturated heterocycles. The maximum Gasteiger partial charge on any atom is 0.286 e. The summed E-state index contributed by atoms with van der Waals surface area (Å²) in [6, 6.07) is 6.58. The summed E-state index contributed by atoms with van der Waals surface area (Å²) in [7, 11) is 0. The highest BCUT2D eigenvalue weighted by atomic mass is 19.3. The van der Waals surface area contributed by atoms with Gasteiger partial charge in [0.15, 0.2) is 0 Å². The van der Waals surface area contributed by atoms with Crippen LogP contribution in [0.15, 0.2) is 41.6 Å². The molecule has 30 heavy (non-hydrogen) atoms. The number of anilines is 2. The fraction of sp³-hybridized carbons (Fsp3) is 0.560. The van der Waals surface area contributed by atoms with Gasteiger partial charge >= 0.3 is 0 Å². The Bertz CT molecular complexity index is 856. The fourth-order valence-electron chi connectivity index (χ4n) is 4.66. The smallest absolute Gasteiger partial charge is 0.286 e. The molecule has 0 aromatic heterocycles. The summed E-state index contributed by atoms with van der Waals surface area (Å²) in [5.41, 5.74) is 3.90. The molecule has 2 aliphatic rings. The van der Waals surface area contributed by atoms with Crippen molar-refractivity contribution >= 4 is 17.1 Å². The van der Waals surface area contributed by atoms with E-state index in [0.29, 0.717) is 30.2 Å². The Hall–Kier alpha value is -2.17. The molecule has 3 N–H and O–H groups in total. The summed E-state index contributed by atoms with van der Waals surface area (Å²) in [5, 5.41) is 15.2. The Kier molecular flexibility index (Phi) is 6.40. The van der Waals surface area contributed by atoms with Crippen LogP contribution >= 0.6 is 0 Å². The van der Waals surface area contributed by atoms with Crippen molar-refractivity contribution in [1.29, 1.82) is 5.41 Å². The number of benzene rings is 1. The van der Waals surface area contributed by atoms with Crippen molar-refractivity contribution < 1.29 is 8.78 Å². The van der Waals surface area contributed by atoms with Crippen molar-refractivity contribution in [2.45, 2.75) is 84.6 Å². The molecule has 164 valence electrons. The summed E-state index contributed by atoms with van der Waals surface area (Å²) >= 11 is 0. The first-order valence-corrected chi connectivity index (χ1v) is 11.0. The first-order valence-electron chi connectivity index (χ1n) is 11.0. The Balaban J connectivity index is 1.92. The molecule has 1 fully saturated rings. The second kappa shape index (κ2) is 8.52. The van der Waals surface area contributed by atoms with Gasteiger partial charge in [0, 0.05) is 35.6 Å². The van der Waals surface area contributed by atoms with Gasteiger partial charge in [-0.25, -0.2) is 0 Å². The Morgan fingerprint density at radius 2 is 1.83 bits per heavy atom. The minimum absolute atomic E-state index is 0.0971. The van der Waals surface area contributed by atoms with Gasteiger partial charge in [0.1, 0.15) is 5.71 Å². The van der Waals surface area contributed by atoms with Crippen LogP contribution in [-0.2, 0) is 0 Å². The molecule has 0 amide bonds. The molecular weight excluding hydrogens is 380 g/mol. The molecule has 0 radical (unpaired) electrons. The van der Waals surface area contributed by atoms with Gasteiger partial charge in [0.2, 0.25) is 0 Å². The third kappa shape index (κ3) is 5.30. The Labute approximate surface area is 179 Å². The van der Waals surface area contributed by atoms with Gasteiger partial charge in [-0.05, 0) is 61.3 Å². The molecule has 0 unspecified atom stereocenters. The summed E-state index contributed by atoms with van der Waals surface area (Å²) in [5.74, 6) is -3.20. The van der Waals surface area contributed by atoms with Crippen LogP contribution in [0, 0.1) is 17.7 Å². The van der Waals surface area contributed by atoms with Crippen LogP contribution in [0.1, 0.15) is 71.3 Å². The van der Waals surface area contributed by atoms with E-state index in [9.17, 15) is 8.78 Å². The lowest BCUT2D eigenvalue weighted by Crippen LogP contribution is -2.33. The Morgan fingerprint density at radius 1 is 1.17 bits per heavy atom. The number of hydrogen-bond acceptors (Lipinski definition) is 3. The van der Waals surface area contributed by atoms with Gasteiger partial charge in [-0.3, -0.25) is 5.41 Å².